The second-order valence-electron chi connectivity index (χ2n) is 10.2. The minimum atomic E-state index is -2.18. The minimum Gasteiger partial charge on any atom is -0.454 e. The number of nitrogens with one attached hydrogen (secondary N) is 1. The zero-order chi connectivity index (χ0) is 22.7. The summed E-state index contributed by atoms with van der Waals surface area (Å²) in [6.45, 7) is 16.1. The molecule has 1 amide bonds. The van der Waals surface area contributed by atoms with Gasteiger partial charge >= 0.3 is 6.09 Å². The van der Waals surface area contributed by atoms with Gasteiger partial charge in [0, 0.05) is 0 Å². The number of aliphatic hydroxyl groups is 1. The maximum Gasteiger partial charge on any atom is 0.407 e. The van der Waals surface area contributed by atoms with E-state index in [1.54, 1.807) is 0 Å². The summed E-state index contributed by atoms with van der Waals surface area (Å²) in [5, 5.41) is 13.1. The lowest BCUT2D eigenvalue weighted by Crippen LogP contribution is -2.54. The fourth-order valence-electron chi connectivity index (χ4n) is 2.86. The first kappa shape index (κ1) is 24.5. The van der Waals surface area contributed by atoms with Gasteiger partial charge in [0.2, 0.25) is 6.79 Å². The van der Waals surface area contributed by atoms with Crippen LogP contribution in [0.25, 0.3) is 0 Å². The molecule has 1 aromatic carbocycles. The summed E-state index contributed by atoms with van der Waals surface area (Å²) < 4.78 is 22.8. The van der Waals surface area contributed by atoms with Gasteiger partial charge in [0.15, 0.2) is 19.8 Å². The highest BCUT2D eigenvalue weighted by Gasteiger charge is 2.41. The van der Waals surface area contributed by atoms with Crippen LogP contribution in [-0.2, 0) is 15.6 Å². The van der Waals surface area contributed by atoms with Gasteiger partial charge in [-0.3, -0.25) is 0 Å². The highest BCUT2D eigenvalue weighted by molar-refractivity contribution is 6.74. The molecular formula is C22H37NO6Si. The number of aliphatic hydroxyl groups excluding tert-OH is 1. The lowest BCUT2D eigenvalue weighted by molar-refractivity contribution is 0.0350. The van der Waals surface area contributed by atoms with Crippen molar-refractivity contribution in [3.8, 4) is 11.5 Å². The van der Waals surface area contributed by atoms with Crippen molar-refractivity contribution in [1.82, 2.24) is 5.32 Å². The van der Waals surface area contributed by atoms with Crippen LogP contribution in [0.1, 0.15) is 47.1 Å². The van der Waals surface area contributed by atoms with Crippen LogP contribution in [-0.4, -0.2) is 50.7 Å². The molecule has 0 bridgehead atoms. The maximum atomic E-state index is 12.5. The molecule has 0 saturated carbocycles. The number of fused-ring (bicyclic) bond motifs is 1. The Kier molecular flexibility index (Phi) is 7.48. The summed E-state index contributed by atoms with van der Waals surface area (Å²) in [6, 6.07) is 5.20. The zero-order valence-electron chi connectivity index (χ0n) is 19.5. The predicted octanol–water partition coefficient (Wildman–Crippen LogP) is 4.23. The predicted molar refractivity (Wildman–Crippen MR) is 119 cm³/mol. The first-order chi connectivity index (χ1) is 13.7. The molecule has 8 heteroatoms. The fraction of sp³-hybridized carbons (Fsp3) is 0.682. The van der Waals surface area contributed by atoms with Crippen molar-refractivity contribution in [2.45, 2.75) is 83.8 Å². The van der Waals surface area contributed by atoms with Gasteiger partial charge in [-0.05, 0) is 63.0 Å². The summed E-state index contributed by atoms with van der Waals surface area (Å²) in [6.07, 6.45) is -0.648. The van der Waals surface area contributed by atoms with E-state index in [1.165, 1.54) is 0 Å². The molecule has 2 atom stereocenters. The summed E-state index contributed by atoms with van der Waals surface area (Å²) in [5.41, 5.74) is 0.320. The van der Waals surface area contributed by atoms with Crippen LogP contribution in [0.2, 0.25) is 18.1 Å². The number of hydrogen-bond donors (Lipinski definition) is 2. The molecule has 0 spiro atoms. The van der Waals surface area contributed by atoms with Crippen LogP contribution in [0.3, 0.4) is 0 Å². The number of hydrogen-bond acceptors (Lipinski definition) is 6. The topological polar surface area (TPSA) is 86.3 Å². The Hall–Kier alpha value is -1.77. The van der Waals surface area contributed by atoms with Crippen LogP contribution in [0, 0.1) is 0 Å². The Balaban J connectivity index is 2.25. The van der Waals surface area contributed by atoms with Gasteiger partial charge in [0.05, 0.1) is 18.8 Å². The van der Waals surface area contributed by atoms with E-state index in [9.17, 15) is 9.90 Å². The van der Waals surface area contributed by atoms with Crippen molar-refractivity contribution in [2.75, 3.05) is 13.4 Å². The summed E-state index contributed by atoms with van der Waals surface area (Å²) in [5.74, 6) is 1.38. The molecule has 0 radical (unpaired) electrons. The van der Waals surface area contributed by atoms with Crippen molar-refractivity contribution in [1.29, 1.82) is 0 Å². The van der Waals surface area contributed by atoms with E-state index >= 15 is 0 Å². The van der Waals surface area contributed by atoms with Crippen molar-refractivity contribution in [2.24, 2.45) is 0 Å². The smallest absolute Gasteiger partial charge is 0.407 e. The van der Waals surface area contributed by atoms with Gasteiger partial charge in [-0.15, -0.1) is 0 Å². The van der Waals surface area contributed by atoms with Gasteiger partial charge in [-0.2, -0.15) is 0 Å². The molecule has 7 nitrogen and oxygen atoms in total. The molecule has 1 unspecified atom stereocenters. The number of carbonyl (C=O) groups excluding carboxylic acids is 1. The van der Waals surface area contributed by atoms with Gasteiger partial charge in [0.1, 0.15) is 5.60 Å². The highest BCUT2D eigenvalue weighted by Crippen LogP contribution is 2.38. The average molecular weight is 440 g/mol. The first-order valence-corrected chi connectivity index (χ1v) is 13.3. The third-order valence-corrected chi connectivity index (χ3v) is 9.98. The molecule has 0 saturated heterocycles. The van der Waals surface area contributed by atoms with Crippen LogP contribution < -0.4 is 14.8 Å². The van der Waals surface area contributed by atoms with Crippen molar-refractivity contribution < 1.29 is 28.5 Å². The second-order valence-corrected chi connectivity index (χ2v) is 15.0. The van der Waals surface area contributed by atoms with E-state index in [-0.39, 0.29) is 18.4 Å². The Morgan fingerprint density at radius 3 is 2.37 bits per heavy atom. The molecule has 1 aromatic rings. The van der Waals surface area contributed by atoms with Crippen LogP contribution in [0.5, 0.6) is 11.5 Å². The number of amides is 1. The fourth-order valence-corrected chi connectivity index (χ4v) is 4.21. The molecule has 0 aliphatic carbocycles. The van der Waals surface area contributed by atoms with Gasteiger partial charge in [-0.1, -0.05) is 26.8 Å². The van der Waals surface area contributed by atoms with Gasteiger partial charge in [0.25, 0.3) is 0 Å². The molecule has 2 N–H and O–H groups in total. The number of carbonyl (C=O) groups is 1. The molecule has 1 aliphatic heterocycles. The molecule has 1 heterocycles. The summed E-state index contributed by atoms with van der Waals surface area (Å²) in [7, 11) is -2.18. The Morgan fingerprint density at radius 1 is 1.17 bits per heavy atom. The maximum absolute atomic E-state index is 12.5. The van der Waals surface area contributed by atoms with Crippen molar-refractivity contribution >= 4 is 14.4 Å². The van der Waals surface area contributed by atoms with Crippen LogP contribution >= 0.6 is 0 Å². The summed E-state index contributed by atoms with van der Waals surface area (Å²) >= 11 is 0. The normalized spacial score (nSPS) is 16.2. The minimum absolute atomic E-state index is 0.0321. The standard InChI is InChI=1S/C22H37NO6Si/c1-21(2,3)28-20(25)23-16(19(13-24)29-30(7,8)22(4,5)6)11-15-9-10-17-18(12-15)27-14-26-17/h9-10,12,16,19,24H,11,13-14H2,1-8H3,(H,23,25)/t16?,19-/m1/s1. The monoisotopic (exact) mass is 439 g/mol. The van der Waals surface area contributed by atoms with Crippen molar-refractivity contribution in [3.05, 3.63) is 23.8 Å². The van der Waals surface area contributed by atoms with E-state index in [0.717, 1.165) is 5.56 Å². The molecule has 1 aliphatic rings. The van der Waals surface area contributed by atoms with E-state index in [0.29, 0.717) is 17.9 Å². The zero-order valence-corrected chi connectivity index (χ0v) is 20.5. The van der Waals surface area contributed by atoms with Gasteiger partial charge in [-0.25, -0.2) is 4.79 Å². The molecule has 0 aromatic heterocycles. The third-order valence-electron chi connectivity index (χ3n) is 5.48. The third kappa shape index (κ3) is 6.62. The van der Waals surface area contributed by atoms with Gasteiger partial charge < -0.3 is 29.1 Å². The second kappa shape index (κ2) is 9.16. The Morgan fingerprint density at radius 2 is 1.80 bits per heavy atom. The number of rotatable bonds is 7. The first-order valence-electron chi connectivity index (χ1n) is 10.4. The largest absolute Gasteiger partial charge is 0.454 e. The molecule has 2 rings (SSSR count). The van der Waals surface area contributed by atoms with E-state index in [2.05, 4.69) is 39.2 Å². The lowest BCUT2D eigenvalue weighted by atomic mass is 10.0. The van der Waals surface area contributed by atoms with E-state index in [1.807, 2.05) is 39.0 Å². The Bertz CT molecular complexity index is 738. The van der Waals surface area contributed by atoms with E-state index in [4.69, 9.17) is 18.6 Å². The SMILES string of the molecule is CC(C)(C)OC(=O)NC(Cc1ccc2c(c1)OCO2)[C@@H](CO)O[Si](C)(C)C(C)(C)C. The molecule has 30 heavy (non-hydrogen) atoms. The average Bonchev–Trinajstić information content (AvgIpc) is 3.04. The Labute approximate surface area is 181 Å². The van der Waals surface area contributed by atoms with Crippen LogP contribution in [0.4, 0.5) is 4.79 Å². The van der Waals surface area contributed by atoms with Crippen LogP contribution in [0.15, 0.2) is 18.2 Å². The summed E-state index contributed by atoms with van der Waals surface area (Å²) in [4.78, 5) is 12.5. The highest BCUT2D eigenvalue weighted by atomic mass is 28.4. The lowest BCUT2D eigenvalue weighted by Gasteiger charge is -2.41. The molecule has 170 valence electrons. The van der Waals surface area contributed by atoms with Crippen molar-refractivity contribution in [3.63, 3.8) is 0 Å². The molecule has 0 fully saturated rings. The quantitative estimate of drug-likeness (QED) is 0.618. The number of alkyl carbamates (subject to hydrolysis) is 1. The van der Waals surface area contributed by atoms with E-state index < -0.39 is 32.2 Å². The number of benzene rings is 1. The molecular weight excluding hydrogens is 402 g/mol. The number of ether oxygens (including phenoxy) is 3.